The first-order chi connectivity index (χ1) is 6.31. The van der Waals surface area contributed by atoms with Crippen molar-refractivity contribution < 1.29 is 0 Å². The number of pyridine rings is 1. The third-order valence-electron chi connectivity index (χ3n) is 2.15. The molecule has 0 aliphatic rings. The second-order valence-electron chi connectivity index (χ2n) is 3.09. The Morgan fingerprint density at radius 1 is 1.31 bits per heavy atom. The minimum Gasteiger partial charge on any atom is -0.248 e. The first kappa shape index (κ1) is 7.99. The van der Waals surface area contributed by atoms with Crippen LogP contribution in [0.2, 0.25) is 0 Å². The van der Waals surface area contributed by atoms with Gasteiger partial charge in [-0.2, -0.15) is 0 Å². The molecule has 13 heavy (non-hydrogen) atoms. The molecule has 0 saturated carbocycles. The van der Waals surface area contributed by atoms with Gasteiger partial charge in [0.2, 0.25) is 0 Å². The molecule has 1 aromatic carbocycles. The number of fused-ring (bicyclic) bond motifs is 1. The number of benzene rings is 1. The van der Waals surface area contributed by atoms with Gasteiger partial charge in [-0.25, -0.2) is 4.98 Å². The molecule has 0 fully saturated rings. The standard InChI is InChI=1S/C12H11N/c1-3-11-9(2)8-10-6-4-5-7-12(10)13-11/h3-8H,1H2,2H3. The van der Waals surface area contributed by atoms with Gasteiger partial charge in [-0.15, -0.1) is 0 Å². The van der Waals surface area contributed by atoms with Crippen molar-refractivity contribution in [3.05, 3.63) is 48.2 Å². The van der Waals surface area contributed by atoms with Crippen molar-refractivity contribution in [3.63, 3.8) is 0 Å². The Morgan fingerprint density at radius 3 is 2.85 bits per heavy atom. The molecule has 2 rings (SSSR count). The highest BCUT2D eigenvalue weighted by atomic mass is 14.7. The average molecular weight is 169 g/mol. The van der Waals surface area contributed by atoms with Gasteiger partial charge in [0, 0.05) is 5.39 Å². The average Bonchev–Trinajstić information content (AvgIpc) is 2.17. The highest BCUT2D eigenvalue weighted by Crippen LogP contribution is 2.16. The molecule has 0 spiro atoms. The molecule has 0 bridgehead atoms. The lowest BCUT2D eigenvalue weighted by atomic mass is 10.1. The lowest BCUT2D eigenvalue weighted by Crippen LogP contribution is -1.87. The summed E-state index contributed by atoms with van der Waals surface area (Å²) in [6, 6.07) is 10.2. The van der Waals surface area contributed by atoms with Gasteiger partial charge in [-0.05, 0) is 30.7 Å². The number of aromatic nitrogens is 1. The Labute approximate surface area is 77.7 Å². The van der Waals surface area contributed by atoms with Crippen LogP contribution in [-0.4, -0.2) is 4.98 Å². The Bertz CT molecular complexity index is 458. The SMILES string of the molecule is C=Cc1nc2ccccc2cc1C. The van der Waals surface area contributed by atoms with Crippen molar-refractivity contribution >= 4 is 17.0 Å². The van der Waals surface area contributed by atoms with Gasteiger partial charge in [0.15, 0.2) is 0 Å². The van der Waals surface area contributed by atoms with Gasteiger partial charge in [0.05, 0.1) is 11.2 Å². The van der Waals surface area contributed by atoms with E-state index in [0.29, 0.717) is 0 Å². The highest BCUT2D eigenvalue weighted by molar-refractivity contribution is 5.80. The zero-order valence-electron chi connectivity index (χ0n) is 7.62. The van der Waals surface area contributed by atoms with Crippen molar-refractivity contribution in [1.82, 2.24) is 4.98 Å². The summed E-state index contributed by atoms with van der Waals surface area (Å²) < 4.78 is 0. The molecule has 0 N–H and O–H groups in total. The Morgan fingerprint density at radius 2 is 2.08 bits per heavy atom. The van der Waals surface area contributed by atoms with Gasteiger partial charge in [-0.3, -0.25) is 0 Å². The van der Waals surface area contributed by atoms with Crippen molar-refractivity contribution in [2.75, 3.05) is 0 Å². The van der Waals surface area contributed by atoms with Crippen LogP contribution in [0.1, 0.15) is 11.3 Å². The van der Waals surface area contributed by atoms with E-state index in [2.05, 4.69) is 30.6 Å². The fourth-order valence-electron chi connectivity index (χ4n) is 1.44. The number of aryl methyl sites for hydroxylation is 1. The van der Waals surface area contributed by atoms with Crippen LogP contribution in [0, 0.1) is 6.92 Å². The van der Waals surface area contributed by atoms with E-state index in [-0.39, 0.29) is 0 Å². The summed E-state index contributed by atoms with van der Waals surface area (Å²) in [6.45, 7) is 5.79. The fraction of sp³-hybridized carbons (Fsp3) is 0.0833. The summed E-state index contributed by atoms with van der Waals surface area (Å²) in [5.41, 5.74) is 3.18. The van der Waals surface area contributed by atoms with Gasteiger partial charge >= 0.3 is 0 Å². The molecule has 0 aliphatic heterocycles. The molecule has 0 amide bonds. The summed E-state index contributed by atoms with van der Waals surface area (Å²) in [6.07, 6.45) is 1.79. The molecule has 0 atom stereocenters. The van der Waals surface area contributed by atoms with Crippen molar-refractivity contribution in [2.45, 2.75) is 6.92 Å². The summed E-state index contributed by atoms with van der Waals surface area (Å²) in [4.78, 5) is 4.48. The van der Waals surface area contributed by atoms with E-state index in [9.17, 15) is 0 Å². The van der Waals surface area contributed by atoms with Crippen LogP contribution in [0.25, 0.3) is 17.0 Å². The largest absolute Gasteiger partial charge is 0.248 e. The van der Waals surface area contributed by atoms with E-state index in [4.69, 9.17) is 0 Å². The lowest BCUT2D eigenvalue weighted by molar-refractivity contribution is 1.30. The first-order valence-corrected chi connectivity index (χ1v) is 4.30. The molecule has 1 nitrogen and oxygen atoms in total. The summed E-state index contributed by atoms with van der Waals surface area (Å²) in [5, 5.41) is 1.19. The Balaban J connectivity index is 2.81. The van der Waals surface area contributed by atoms with Crippen LogP contribution in [-0.2, 0) is 0 Å². The van der Waals surface area contributed by atoms with E-state index in [0.717, 1.165) is 11.2 Å². The number of hydrogen-bond acceptors (Lipinski definition) is 1. The molecule has 64 valence electrons. The minimum atomic E-state index is 0.971. The zero-order valence-corrected chi connectivity index (χ0v) is 7.62. The van der Waals surface area contributed by atoms with Crippen molar-refractivity contribution in [1.29, 1.82) is 0 Å². The minimum absolute atomic E-state index is 0.971. The second kappa shape index (κ2) is 3.02. The predicted molar refractivity (Wildman–Crippen MR) is 56.6 cm³/mol. The number of rotatable bonds is 1. The van der Waals surface area contributed by atoms with Crippen LogP contribution in [0.4, 0.5) is 0 Å². The van der Waals surface area contributed by atoms with Gasteiger partial charge in [0.25, 0.3) is 0 Å². The number of para-hydroxylation sites is 1. The smallest absolute Gasteiger partial charge is 0.0709 e. The number of nitrogens with zero attached hydrogens (tertiary/aromatic N) is 1. The number of hydrogen-bond donors (Lipinski definition) is 0. The fourth-order valence-corrected chi connectivity index (χ4v) is 1.44. The van der Waals surface area contributed by atoms with Crippen molar-refractivity contribution in [3.8, 4) is 0 Å². The van der Waals surface area contributed by atoms with Gasteiger partial charge in [-0.1, -0.05) is 24.8 Å². The maximum atomic E-state index is 4.48. The van der Waals surface area contributed by atoms with E-state index in [1.807, 2.05) is 18.2 Å². The molecule has 2 aromatic rings. The molecular formula is C12H11N. The Kier molecular flexibility index (Phi) is 1.85. The van der Waals surface area contributed by atoms with Crippen molar-refractivity contribution in [2.24, 2.45) is 0 Å². The molecule has 0 radical (unpaired) electrons. The van der Waals surface area contributed by atoms with Gasteiger partial charge < -0.3 is 0 Å². The highest BCUT2D eigenvalue weighted by Gasteiger charge is 1.98. The van der Waals surface area contributed by atoms with E-state index in [1.54, 1.807) is 6.08 Å². The molecule has 1 heteroatoms. The van der Waals surface area contributed by atoms with Crippen LogP contribution in [0.5, 0.6) is 0 Å². The molecular weight excluding hydrogens is 158 g/mol. The monoisotopic (exact) mass is 169 g/mol. The topological polar surface area (TPSA) is 12.9 Å². The molecule has 1 heterocycles. The molecule has 1 aromatic heterocycles. The third-order valence-corrected chi connectivity index (χ3v) is 2.15. The third kappa shape index (κ3) is 1.33. The lowest BCUT2D eigenvalue weighted by Gasteiger charge is -2.02. The van der Waals surface area contributed by atoms with Crippen LogP contribution < -0.4 is 0 Å². The quantitative estimate of drug-likeness (QED) is 0.638. The molecule has 0 aliphatic carbocycles. The van der Waals surface area contributed by atoms with Crippen LogP contribution in [0.15, 0.2) is 36.9 Å². The zero-order chi connectivity index (χ0) is 9.26. The van der Waals surface area contributed by atoms with E-state index in [1.165, 1.54) is 10.9 Å². The van der Waals surface area contributed by atoms with E-state index < -0.39 is 0 Å². The molecule has 0 unspecified atom stereocenters. The second-order valence-corrected chi connectivity index (χ2v) is 3.09. The molecule has 0 saturated heterocycles. The predicted octanol–water partition coefficient (Wildman–Crippen LogP) is 3.19. The van der Waals surface area contributed by atoms with Crippen LogP contribution >= 0.6 is 0 Å². The Hall–Kier alpha value is -1.63. The summed E-state index contributed by atoms with van der Waals surface area (Å²) >= 11 is 0. The first-order valence-electron chi connectivity index (χ1n) is 4.30. The maximum absolute atomic E-state index is 4.48. The summed E-state index contributed by atoms with van der Waals surface area (Å²) in [5.74, 6) is 0. The van der Waals surface area contributed by atoms with Crippen LogP contribution in [0.3, 0.4) is 0 Å². The normalized spacial score (nSPS) is 10.2. The van der Waals surface area contributed by atoms with E-state index >= 15 is 0 Å². The summed E-state index contributed by atoms with van der Waals surface area (Å²) in [7, 11) is 0. The maximum Gasteiger partial charge on any atom is 0.0709 e. The van der Waals surface area contributed by atoms with Gasteiger partial charge in [0.1, 0.15) is 0 Å².